The molecule has 0 saturated heterocycles. The highest BCUT2D eigenvalue weighted by atomic mass is 79.9. The number of ether oxygens (including phenoxy) is 1. The van der Waals surface area contributed by atoms with E-state index in [1.54, 1.807) is 13.2 Å². The molecule has 1 aliphatic carbocycles. The molecule has 1 aromatic rings. The van der Waals surface area contributed by atoms with Gasteiger partial charge in [-0.2, -0.15) is 0 Å². The van der Waals surface area contributed by atoms with Crippen LogP contribution >= 0.6 is 31.9 Å². The monoisotopic (exact) mass is 416 g/mol. The molecule has 0 aliphatic heterocycles. The molecule has 0 amide bonds. The van der Waals surface area contributed by atoms with Gasteiger partial charge >= 0.3 is 0 Å². The summed E-state index contributed by atoms with van der Waals surface area (Å²) < 4.78 is 6.11. The molecule has 1 unspecified atom stereocenters. The van der Waals surface area contributed by atoms with Gasteiger partial charge in [-0.1, -0.05) is 41.9 Å². The van der Waals surface area contributed by atoms with Crippen LogP contribution in [0.3, 0.4) is 0 Å². The molecule has 4 heteroatoms. The second-order valence-corrected chi connectivity index (χ2v) is 8.32. The molecular formula is C17H22Br2O2. The van der Waals surface area contributed by atoms with E-state index >= 15 is 0 Å². The van der Waals surface area contributed by atoms with Crippen molar-refractivity contribution in [2.45, 2.75) is 37.9 Å². The molecule has 2 rings (SSSR count). The topological polar surface area (TPSA) is 29.5 Å². The van der Waals surface area contributed by atoms with Crippen LogP contribution < -0.4 is 4.74 Å². The van der Waals surface area contributed by atoms with Crippen LogP contribution in [0.5, 0.6) is 11.5 Å². The minimum Gasteiger partial charge on any atom is -0.508 e. The molecule has 1 N–H and O–H groups in total. The Balaban J connectivity index is 2.34. The van der Waals surface area contributed by atoms with Crippen molar-refractivity contribution in [1.29, 1.82) is 0 Å². The molecule has 0 bridgehead atoms. The van der Waals surface area contributed by atoms with Crippen LogP contribution in [0.4, 0.5) is 0 Å². The van der Waals surface area contributed by atoms with Crippen LogP contribution in [0.1, 0.15) is 32.3 Å². The van der Waals surface area contributed by atoms with Crippen LogP contribution in [-0.4, -0.2) is 17.0 Å². The van der Waals surface area contributed by atoms with E-state index in [-0.39, 0.29) is 5.41 Å². The first-order valence-corrected chi connectivity index (χ1v) is 8.85. The standard InChI is InChI=1S/C17H22Br2O2/c1-10-5-6-16(19)17(2,3)12(10)7-11-8-15(21-4)13(18)9-14(11)20/h8-9,12,16,20H,1,5-7H2,2-4H3/t12?,16-/m1/s1. The lowest BCUT2D eigenvalue weighted by Gasteiger charge is -2.44. The first kappa shape index (κ1) is 16.9. The van der Waals surface area contributed by atoms with Crippen molar-refractivity contribution in [3.05, 3.63) is 34.3 Å². The summed E-state index contributed by atoms with van der Waals surface area (Å²) in [5, 5.41) is 10.2. The van der Waals surface area contributed by atoms with Crippen LogP contribution in [-0.2, 0) is 6.42 Å². The number of benzene rings is 1. The molecule has 21 heavy (non-hydrogen) atoms. The van der Waals surface area contributed by atoms with Gasteiger partial charge in [0, 0.05) is 4.83 Å². The highest BCUT2D eigenvalue weighted by Gasteiger charge is 2.41. The van der Waals surface area contributed by atoms with Crippen molar-refractivity contribution < 1.29 is 9.84 Å². The molecule has 0 aromatic heterocycles. The van der Waals surface area contributed by atoms with E-state index in [9.17, 15) is 5.11 Å². The van der Waals surface area contributed by atoms with Gasteiger partial charge in [0.1, 0.15) is 11.5 Å². The Morgan fingerprint density at radius 3 is 2.71 bits per heavy atom. The third-order valence-electron chi connectivity index (χ3n) is 4.69. The second-order valence-electron chi connectivity index (χ2n) is 6.36. The Morgan fingerprint density at radius 1 is 1.43 bits per heavy atom. The van der Waals surface area contributed by atoms with Crippen LogP contribution in [0, 0.1) is 11.3 Å². The first-order valence-electron chi connectivity index (χ1n) is 7.14. The molecule has 2 atom stereocenters. The number of allylic oxidation sites excluding steroid dienone is 1. The van der Waals surface area contributed by atoms with Crippen LogP contribution in [0.25, 0.3) is 0 Å². The highest BCUT2D eigenvalue weighted by Crippen LogP contribution is 2.49. The van der Waals surface area contributed by atoms with E-state index in [1.165, 1.54) is 5.57 Å². The zero-order chi connectivity index (χ0) is 15.8. The molecule has 2 nitrogen and oxygen atoms in total. The largest absolute Gasteiger partial charge is 0.508 e. The van der Waals surface area contributed by atoms with Crippen molar-refractivity contribution in [1.82, 2.24) is 0 Å². The Hall–Kier alpha value is -0.480. The van der Waals surface area contributed by atoms with Gasteiger partial charge < -0.3 is 9.84 Å². The number of aromatic hydroxyl groups is 1. The summed E-state index contributed by atoms with van der Waals surface area (Å²) >= 11 is 7.21. The summed E-state index contributed by atoms with van der Waals surface area (Å²) in [7, 11) is 1.64. The minimum atomic E-state index is 0.113. The summed E-state index contributed by atoms with van der Waals surface area (Å²) in [5.41, 5.74) is 2.30. The van der Waals surface area contributed by atoms with E-state index in [0.29, 0.717) is 16.5 Å². The van der Waals surface area contributed by atoms with Gasteiger partial charge in [0.05, 0.1) is 11.6 Å². The molecule has 0 radical (unpaired) electrons. The lowest BCUT2D eigenvalue weighted by Crippen LogP contribution is -2.39. The van der Waals surface area contributed by atoms with Crippen molar-refractivity contribution in [2.75, 3.05) is 7.11 Å². The summed E-state index contributed by atoms with van der Waals surface area (Å²) in [6, 6.07) is 3.62. The van der Waals surface area contributed by atoms with Gasteiger partial charge in [-0.3, -0.25) is 0 Å². The van der Waals surface area contributed by atoms with E-state index in [2.05, 4.69) is 52.3 Å². The van der Waals surface area contributed by atoms with Gasteiger partial charge in [-0.15, -0.1) is 0 Å². The third-order valence-corrected chi connectivity index (χ3v) is 6.95. The molecule has 0 heterocycles. The normalized spacial score (nSPS) is 24.9. The van der Waals surface area contributed by atoms with Crippen molar-refractivity contribution in [3.8, 4) is 11.5 Å². The predicted octanol–water partition coefficient (Wildman–Crippen LogP) is 5.46. The molecule has 1 aromatic carbocycles. The minimum absolute atomic E-state index is 0.113. The van der Waals surface area contributed by atoms with Crippen LogP contribution in [0.2, 0.25) is 0 Å². The van der Waals surface area contributed by atoms with Crippen molar-refractivity contribution in [2.24, 2.45) is 11.3 Å². The number of methoxy groups -OCH3 is 1. The number of rotatable bonds is 3. The van der Waals surface area contributed by atoms with Gasteiger partial charge in [-0.25, -0.2) is 0 Å². The molecule has 0 spiro atoms. The number of hydrogen-bond donors (Lipinski definition) is 1. The predicted molar refractivity (Wildman–Crippen MR) is 94.4 cm³/mol. The maximum absolute atomic E-state index is 10.2. The average molecular weight is 418 g/mol. The summed E-state index contributed by atoms with van der Waals surface area (Å²) in [6.45, 7) is 8.81. The number of hydrogen-bond acceptors (Lipinski definition) is 2. The summed E-state index contributed by atoms with van der Waals surface area (Å²) in [6.07, 6.45) is 2.94. The molecular weight excluding hydrogens is 396 g/mol. The van der Waals surface area contributed by atoms with Crippen molar-refractivity contribution in [3.63, 3.8) is 0 Å². The smallest absolute Gasteiger partial charge is 0.133 e. The van der Waals surface area contributed by atoms with E-state index < -0.39 is 0 Å². The van der Waals surface area contributed by atoms with Gasteiger partial charge in [0.25, 0.3) is 0 Å². The first-order chi connectivity index (χ1) is 9.77. The highest BCUT2D eigenvalue weighted by molar-refractivity contribution is 9.10. The number of halogens is 2. The lowest BCUT2D eigenvalue weighted by atomic mass is 9.64. The quantitative estimate of drug-likeness (QED) is 0.522. The SMILES string of the molecule is C=C1CC[C@@H](Br)C(C)(C)C1Cc1cc(OC)c(Br)cc1O. The molecule has 1 aliphatic rings. The number of phenols is 1. The zero-order valence-corrected chi connectivity index (χ0v) is 15.9. The summed E-state index contributed by atoms with van der Waals surface area (Å²) in [4.78, 5) is 0.472. The fraction of sp³-hybridized carbons (Fsp3) is 0.529. The fourth-order valence-electron chi connectivity index (χ4n) is 3.13. The van der Waals surface area contributed by atoms with Gasteiger partial charge in [-0.05, 0) is 64.2 Å². The van der Waals surface area contributed by atoms with Crippen molar-refractivity contribution >= 4 is 31.9 Å². The fourth-order valence-corrected chi connectivity index (χ4v) is 4.18. The molecule has 116 valence electrons. The second kappa shape index (κ2) is 6.33. The number of phenolic OH excluding ortho intramolecular Hbond substituents is 1. The summed E-state index contributed by atoms with van der Waals surface area (Å²) in [5.74, 6) is 1.40. The molecule has 1 saturated carbocycles. The average Bonchev–Trinajstić information content (AvgIpc) is 2.41. The Morgan fingerprint density at radius 2 is 2.10 bits per heavy atom. The van der Waals surface area contributed by atoms with Gasteiger partial charge in [0.15, 0.2) is 0 Å². The van der Waals surface area contributed by atoms with Crippen LogP contribution in [0.15, 0.2) is 28.8 Å². The maximum Gasteiger partial charge on any atom is 0.133 e. The maximum atomic E-state index is 10.2. The Bertz CT molecular complexity index is 552. The van der Waals surface area contributed by atoms with E-state index in [0.717, 1.165) is 35.0 Å². The zero-order valence-electron chi connectivity index (χ0n) is 12.7. The lowest BCUT2D eigenvalue weighted by molar-refractivity contribution is 0.201. The molecule has 1 fully saturated rings. The van der Waals surface area contributed by atoms with E-state index in [1.807, 2.05) is 6.07 Å². The van der Waals surface area contributed by atoms with Gasteiger partial charge in [0.2, 0.25) is 0 Å². The Labute approximate surface area is 143 Å². The van der Waals surface area contributed by atoms with E-state index in [4.69, 9.17) is 4.74 Å². The number of alkyl halides is 1. The Kier molecular flexibility index (Phi) is 5.09. The third kappa shape index (κ3) is 3.31.